The fourth-order valence-corrected chi connectivity index (χ4v) is 4.66. The van der Waals surface area contributed by atoms with E-state index in [4.69, 9.17) is 16.1 Å². The Kier molecular flexibility index (Phi) is 3.85. The Morgan fingerprint density at radius 3 is 2.62 bits per heavy atom. The minimum absolute atomic E-state index is 0.446. The lowest BCUT2D eigenvalue weighted by Gasteiger charge is -2.28. The largest absolute Gasteiger partial charge is 0.361 e. The molecule has 0 bridgehead atoms. The van der Waals surface area contributed by atoms with Crippen LogP contribution in [0.4, 0.5) is 0 Å². The summed E-state index contributed by atoms with van der Waals surface area (Å²) in [5.74, 6) is 4.02. The summed E-state index contributed by atoms with van der Waals surface area (Å²) in [6, 6.07) is 8.22. The van der Waals surface area contributed by atoms with E-state index in [-0.39, 0.29) is 0 Å². The van der Waals surface area contributed by atoms with Crippen molar-refractivity contribution >= 4 is 11.6 Å². The van der Waals surface area contributed by atoms with Crippen LogP contribution in [0.15, 0.2) is 28.8 Å². The molecule has 5 nitrogen and oxygen atoms in total. The van der Waals surface area contributed by atoms with Crippen molar-refractivity contribution in [3.05, 3.63) is 58.0 Å². The molecule has 0 amide bonds. The molecule has 0 unspecified atom stereocenters. The molecule has 3 aromatic rings. The van der Waals surface area contributed by atoms with E-state index < -0.39 is 0 Å². The van der Waals surface area contributed by atoms with Crippen LogP contribution in [0, 0.1) is 6.92 Å². The number of halogens is 1. The monoisotopic (exact) mass is 368 g/mol. The van der Waals surface area contributed by atoms with Crippen molar-refractivity contribution < 1.29 is 4.52 Å². The van der Waals surface area contributed by atoms with Gasteiger partial charge in [0.2, 0.25) is 0 Å². The van der Waals surface area contributed by atoms with E-state index in [0.29, 0.717) is 11.8 Å². The van der Waals surface area contributed by atoms with Crippen LogP contribution in [0.2, 0.25) is 5.02 Å². The highest BCUT2D eigenvalue weighted by Gasteiger charge is 2.31. The van der Waals surface area contributed by atoms with Crippen molar-refractivity contribution in [3.8, 4) is 5.69 Å². The predicted octanol–water partition coefficient (Wildman–Crippen LogP) is 4.76. The van der Waals surface area contributed by atoms with E-state index in [1.165, 1.54) is 11.3 Å². The minimum atomic E-state index is 0.446. The Labute approximate surface area is 157 Å². The fourth-order valence-electron chi connectivity index (χ4n) is 4.46. The molecule has 1 fully saturated rings. The van der Waals surface area contributed by atoms with Crippen molar-refractivity contribution in [1.29, 1.82) is 0 Å². The number of benzene rings is 1. The second-order valence-corrected chi connectivity index (χ2v) is 7.93. The quantitative estimate of drug-likeness (QED) is 0.654. The van der Waals surface area contributed by atoms with Gasteiger partial charge in [-0.1, -0.05) is 16.8 Å². The van der Waals surface area contributed by atoms with Crippen LogP contribution in [0.3, 0.4) is 0 Å². The molecule has 5 rings (SSSR count). The van der Waals surface area contributed by atoms with E-state index >= 15 is 0 Å². The maximum atomic E-state index is 6.19. The summed E-state index contributed by atoms with van der Waals surface area (Å²) in [6.45, 7) is 1.95. The molecule has 2 aliphatic rings. The first-order valence-corrected chi connectivity index (χ1v) is 9.73. The zero-order chi connectivity index (χ0) is 17.7. The first kappa shape index (κ1) is 16.1. The predicted molar refractivity (Wildman–Crippen MR) is 99.0 cm³/mol. The summed E-state index contributed by atoms with van der Waals surface area (Å²) in [7, 11) is 0. The van der Waals surface area contributed by atoms with Crippen molar-refractivity contribution in [3.63, 3.8) is 0 Å². The molecule has 1 aliphatic heterocycles. The molecule has 6 heteroatoms. The highest BCUT2D eigenvalue weighted by molar-refractivity contribution is 6.30. The molecule has 1 aromatic carbocycles. The molecule has 0 N–H and O–H groups in total. The minimum Gasteiger partial charge on any atom is -0.361 e. The molecule has 134 valence electrons. The van der Waals surface area contributed by atoms with Crippen LogP contribution in [0.1, 0.15) is 66.2 Å². The zero-order valence-electron chi connectivity index (χ0n) is 14.8. The lowest BCUT2D eigenvalue weighted by atomic mass is 9.80. The topological polar surface area (TPSA) is 56.7 Å². The lowest BCUT2D eigenvalue weighted by molar-refractivity contribution is 0.347. The first-order valence-electron chi connectivity index (χ1n) is 9.35. The molecule has 0 atom stereocenters. The number of aryl methyl sites for hydroxylation is 3. The highest BCUT2D eigenvalue weighted by atomic mass is 35.5. The van der Waals surface area contributed by atoms with Crippen molar-refractivity contribution in [1.82, 2.24) is 19.9 Å². The Balaban J connectivity index is 1.41. The Morgan fingerprint density at radius 2 is 1.85 bits per heavy atom. The van der Waals surface area contributed by atoms with Crippen molar-refractivity contribution in [2.45, 2.75) is 57.3 Å². The molecule has 2 aromatic heterocycles. The summed E-state index contributed by atoms with van der Waals surface area (Å²) in [6.07, 6.45) is 6.36. The maximum Gasteiger partial charge on any atom is 0.140 e. The molecular formula is C20H21ClN4O. The molecule has 1 saturated carbocycles. The molecular weight excluding hydrogens is 348 g/mol. The maximum absolute atomic E-state index is 6.19. The van der Waals surface area contributed by atoms with Gasteiger partial charge < -0.3 is 4.52 Å². The van der Waals surface area contributed by atoms with Gasteiger partial charge >= 0.3 is 0 Å². The number of hydrogen-bond acceptors (Lipinski definition) is 4. The normalized spacial score (nSPS) is 22.1. The van der Waals surface area contributed by atoms with Crippen LogP contribution in [-0.2, 0) is 12.8 Å². The molecule has 0 spiro atoms. The number of fused-ring (bicyclic) bond motifs is 3. The second-order valence-electron chi connectivity index (χ2n) is 7.49. The van der Waals surface area contributed by atoms with Gasteiger partial charge in [-0.15, -0.1) is 10.2 Å². The number of nitrogens with zero attached hydrogens (tertiary/aromatic N) is 4. The van der Waals surface area contributed by atoms with Gasteiger partial charge in [-0.25, -0.2) is 0 Å². The summed E-state index contributed by atoms with van der Waals surface area (Å²) in [4.78, 5) is 0. The van der Waals surface area contributed by atoms with Crippen LogP contribution < -0.4 is 0 Å². The van der Waals surface area contributed by atoms with E-state index in [9.17, 15) is 0 Å². The van der Waals surface area contributed by atoms with Gasteiger partial charge in [-0.3, -0.25) is 4.57 Å². The van der Waals surface area contributed by atoms with Crippen molar-refractivity contribution in [2.75, 3.05) is 0 Å². The molecule has 3 heterocycles. The van der Waals surface area contributed by atoms with Gasteiger partial charge in [-0.2, -0.15) is 0 Å². The zero-order valence-corrected chi connectivity index (χ0v) is 15.5. The van der Waals surface area contributed by atoms with Gasteiger partial charge in [-0.05, 0) is 62.8 Å². The summed E-state index contributed by atoms with van der Waals surface area (Å²) in [5, 5.41) is 14.1. The Morgan fingerprint density at radius 1 is 1.04 bits per heavy atom. The fraction of sp³-hybridized carbons (Fsp3) is 0.450. The lowest BCUT2D eigenvalue weighted by Crippen LogP contribution is -2.19. The smallest absolute Gasteiger partial charge is 0.140 e. The average Bonchev–Trinajstić information content (AvgIpc) is 3.28. The van der Waals surface area contributed by atoms with Gasteiger partial charge in [0, 0.05) is 29.3 Å². The third kappa shape index (κ3) is 2.65. The van der Waals surface area contributed by atoms with Crippen LogP contribution in [-0.4, -0.2) is 19.9 Å². The van der Waals surface area contributed by atoms with Gasteiger partial charge in [0.25, 0.3) is 0 Å². The van der Waals surface area contributed by atoms with Crippen LogP contribution >= 0.6 is 11.6 Å². The first-order chi connectivity index (χ1) is 12.7. The third-order valence-corrected chi connectivity index (χ3v) is 6.05. The molecule has 1 aliphatic carbocycles. The summed E-state index contributed by atoms with van der Waals surface area (Å²) < 4.78 is 7.53. The molecule has 0 radical (unpaired) electrons. The highest BCUT2D eigenvalue weighted by Crippen LogP contribution is 2.41. The van der Waals surface area contributed by atoms with Crippen LogP contribution in [0.5, 0.6) is 0 Å². The third-order valence-electron chi connectivity index (χ3n) is 5.81. The average molecular weight is 369 g/mol. The molecule has 0 saturated heterocycles. The number of aromatic nitrogens is 4. The van der Waals surface area contributed by atoms with E-state index in [0.717, 1.165) is 66.7 Å². The van der Waals surface area contributed by atoms with E-state index in [2.05, 4.69) is 38.1 Å². The summed E-state index contributed by atoms with van der Waals surface area (Å²) in [5.41, 5.74) is 3.59. The standard InChI is InChI=1S/C20H21ClN4O/c1-12-10-17(24-26-12)13-2-4-14(5-3-13)20-23-22-19-9-6-15-11-16(21)7-8-18(15)25(19)20/h7-8,10-11,13-14H,2-6,9H2,1H3. The van der Waals surface area contributed by atoms with Crippen molar-refractivity contribution in [2.24, 2.45) is 0 Å². The number of rotatable bonds is 2. The SMILES string of the molecule is Cc1cc(C2CCC(c3nnc4n3-c3ccc(Cl)cc3CC4)CC2)no1. The summed E-state index contributed by atoms with van der Waals surface area (Å²) >= 11 is 6.19. The van der Waals surface area contributed by atoms with Crippen LogP contribution in [0.25, 0.3) is 5.69 Å². The van der Waals surface area contributed by atoms with Gasteiger partial charge in [0.1, 0.15) is 17.4 Å². The van der Waals surface area contributed by atoms with E-state index in [1.54, 1.807) is 0 Å². The van der Waals surface area contributed by atoms with Gasteiger partial charge in [0.05, 0.1) is 11.4 Å². The molecule has 26 heavy (non-hydrogen) atoms. The Bertz CT molecular complexity index is 953. The van der Waals surface area contributed by atoms with Gasteiger partial charge in [0.15, 0.2) is 0 Å². The van der Waals surface area contributed by atoms with E-state index in [1.807, 2.05) is 13.0 Å². The second kappa shape index (κ2) is 6.23. The Hall–Kier alpha value is -2.14. The number of hydrogen-bond donors (Lipinski definition) is 0.